The zero-order valence-electron chi connectivity index (χ0n) is 22.2. The molecule has 1 aliphatic rings. The molecule has 204 valence electrons. The lowest BCUT2D eigenvalue weighted by molar-refractivity contribution is -0.137. The molecule has 38 heavy (non-hydrogen) atoms. The number of thioether (sulfide) groups is 1. The number of piperidine rings is 1. The zero-order chi connectivity index (χ0) is 26.9. The number of rotatable bonds is 13. The summed E-state index contributed by atoms with van der Waals surface area (Å²) in [4.78, 5) is 19.4. The van der Waals surface area contributed by atoms with Crippen LogP contribution in [0.1, 0.15) is 43.8 Å². The van der Waals surface area contributed by atoms with Crippen molar-refractivity contribution in [2.75, 3.05) is 39.6 Å². The van der Waals surface area contributed by atoms with E-state index in [4.69, 9.17) is 9.47 Å². The molecular weight excluding hydrogens is 500 g/mol. The van der Waals surface area contributed by atoms with Crippen molar-refractivity contribution >= 4 is 28.6 Å². The number of aliphatic hydroxyl groups excluding tert-OH is 1. The van der Waals surface area contributed by atoms with Crippen molar-refractivity contribution in [2.45, 2.75) is 43.1 Å². The number of pyridine rings is 1. The van der Waals surface area contributed by atoms with E-state index in [-0.39, 0.29) is 6.42 Å². The van der Waals surface area contributed by atoms with E-state index in [1.165, 1.54) is 0 Å². The molecule has 1 fully saturated rings. The summed E-state index contributed by atoms with van der Waals surface area (Å²) in [5.74, 6) is 2.54. The molecule has 1 aromatic heterocycles. The van der Waals surface area contributed by atoms with Crippen molar-refractivity contribution in [3.8, 4) is 11.5 Å². The lowest BCUT2D eigenvalue weighted by Crippen LogP contribution is -2.41. The summed E-state index contributed by atoms with van der Waals surface area (Å²) in [6, 6.07) is 15.7. The van der Waals surface area contributed by atoms with E-state index in [1.807, 2.05) is 42.5 Å². The van der Waals surface area contributed by atoms with Gasteiger partial charge in [0.2, 0.25) is 0 Å². The summed E-state index contributed by atoms with van der Waals surface area (Å²) < 4.78 is 10.8. The predicted octanol–water partition coefficient (Wildman–Crippen LogP) is 5.66. The van der Waals surface area contributed by atoms with E-state index < -0.39 is 12.1 Å². The van der Waals surface area contributed by atoms with Gasteiger partial charge in [0.15, 0.2) is 0 Å². The maximum absolute atomic E-state index is 11.4. The number of aliphatic carboxylic acids is 1. The average Bonchev–Trinajstić information content (AvgIpc) is 2.94. The summed E-state index contributed by atoms with van der Waals surface area (Å²) in [5.41, 5.74) is 1.70. The smallest absolute Gasteiger partial charge is 0.303 e. The second-order valence-corrected chi connectivity index (χ2v) is 11.1. The van der Waals surface area contributed by atoms with Crippen LogP contribution in [0.3, 0.4) is 0 Å². The zero-order valence-corrected chi connectivity index (χ0v) is 23.0. The number of nitrogens with zero attached hydrogens (tertiary/aromatic N) is 2. The minimum absolute atomic E-state index is 0.183. The van der Waals surface area contributed by atoms with Gasteiger partial charge < -0.3 is 24.6 Å². The third-order valence-electron chi connectivity index (χ3n) is 7.59. The van der Waals surface area contributed by atoms with E-state index in [0.29, 0.717) is 24.7 Å². The van der Waals surface area contributed by atoms with E-state index >= 15 is 0 Å². The van der Waals surface area contributed by atoms with Crippen molar-refractivity contribution in [3.63, 3.8) is 0 Å². The van der Waals surface area contributed by atoms with Crippen LogP contribution in [0.25, 0.3) is 10.9 Å². The number of ether oxygens (including phenoxy) is 2. The number of benzene rings is 2. The van der Waals surface area contributed by atoms with Crippen molar-refractivity contribution in [2.24, 2.45) is 11.8 Å². The van der Waals surface area contributed by atoms with Gasteiger partial charge in [-0.15, -0.1) is 11.8 Å². The van der Waals surface area contributed by atoms with Crippen molar-refractivity contribution in [1.82, 2.24) is 9.88 Å². The standard InChI is InChI=1S/C30H38N2O5S/c1-36-23-9-10-26-25(19-23)24(13-15-31-26)27(33)11-7-21-14-16-32(20-22(21)8-12-30(34)35)17-18-38-29-6-4-3-5-28(29)37-2/h3-6,9-10,13,15,19,21-22,27,33H,7-8,11-12,14,16-18,20H2,1-2H3,(H,34,35)/t21?,22?,27-/m0/s1. The van der Waals surface area contributed by atoms with Crippen LogP contribution in [0, 0.1) is 11.8 Å². The fraction of sp³-hybridized carbons (Fsp3) is 0.467. The van der Waals surface area contributed by atoms with E-state index in [1.54, 1.807) is 32.2 Å². The van der Waals surface area contributed by atoms with Crippen LogP contribution in [-0.4, -0.2) is 65.7 Å². The molecule has 0 bridgehead atoms. The van der Waals surface area contributed by atoms with Gasteiger partial charge in [0, 0.05) is 41.7 Å². The second kappa shape index (κ2) is 13.8. The maximum Gasteiger partial charge on any atom is 0.303 e. The molecule has 2 unspecified atom stereocenters. The summed E-state index contributed by atoms with van der Waals surface area (Å²) >= 11 is 1.79. The number of likely N-dealkylation sites (tertiary alicyclic amines) is 1. The summed E-state index contributed by atoms with van der Waals surface area (Å²) in [7, 11) is 3.33. The first kappa shape index (κ1) is 28.2. The topological polar surface area (TPSA) is 92.1 Å². The number of para-hydroxylation sites is 1. The molecule has 0 spiro atoms. The minimum atomic E-state index is -0.746. The first-order valence-corrected chi connectivity index (χ1v) is 14.3. The molecular formula is C30H38N2O5S. The number of hydrogen-bond acceptors (Lipinski definition) is 7. The quantitative estimate of drug-likeness (QED) is 0.269. The molecule has 1 aliphatic heterocycles. The maximum atomic E-state index is 11.4. The third-order valence-corrected chi connectivity index (χ3v) is 8.63. The third kappa shape index (κ3) is 7.40. The highest BCUT2D eigenvalue weighted by Gasteiger charge is 2.30. The molecule has 7 nitrogen and oxygen atoms in total. The first-order chi connectivity index (χ1) is 18.5. The van der Waals surface area contributed by atoms with Crippen LogP contribution in [0.4, 0.5) is 0 Å². The minimum Gasteiger partial charge on any atom is -0.497 e. The predicted molar refractivity (Wildman–Crippen MR) is 151 cm³/mol. The van der Waals surface area contributed by atoms with Crippen molar-refractivity contribution < 1.29 is 24.5 Å². The summed E-state index contributed by atoms with van der Waals surface area (Å²) in [6.45, 7) is 2.84. The Kier molecular flexibility index (Phi) is 10.3. The number of carbonyl (C=O) groups is 1. The van der Waals surface area contributed by atoms with Crippen LogP contribution in [-0.2, 0) is 4.79 Å². The number of fused-ring (bicyclic) bond motifs is 1. The highest BCUT2D eigenvalue weighted by Crippen LogP contribution is 2.36. The van der Waals surface area contributed by atoms with Gasteiger partial charge in [-0.05, 0) is 86.0 Å². The number of aliphatic hydroxyl groups is 1. The van der Waals surface area contributed by atoms with Gasteiger partial charge in [0.1, 0.15) is 11.5 Å². The molecule has 1 saturated heterocycles. The Morgan fingerprint density at radius 1 is 1.13 bits per heavy atom. The summed E-state index contributed by atoms with van der Waals surface area (Å²) in [6.07, 6.45) is 4.50. The molecule has 0 aliphatic carbocycles. The number of methoxy groups -OCH3 is 2. The van der Waals surface area contributed by atoms with Gasteiger partial charge in [0.25, 0.3) is 0 Å². The highest BCUT2D eigenvalue weighted by atomic mass is 32.2. The molecule has 0 saturated carbocycles. The molecule has 3 aromatic rings. The lowest BCUT2D eigenvalue weighted by Gasteiger charge is -2.39. The average molecular weight is 539 g/mol. The van der Waals surface area contributed by atoms with Gasteiger partial charge in [-0.1, -0.05) is 12.1 Å². The van der Waals surface area contributed by atoms with Crippen LogP contribution in [0.15, 0.2) is 59.6 Å². The molecule has 3 atom stereocenters. The Hall–Kier alpha value is -2.81. The Morgan fingerprint density at radius 2 is 1.97 bits per heavy atom. The Labute approximate surface area is 229 Å². The normalized spacial score (nSPS) is 18.8. The van der Waals surface area contributed by atoms with Gasteiger partial charge >= 0.3 is 5.97 Å². The fourth-order valence-corrected chi connectivity index (χ4v) is 6.53. The Balaban J connectivity index is 1.35. The van der Waals surface area contributed by atoms with Crippen LogP contribution >= 0.6 is 11.8 Å². The molecule has 4 rings (SSSR count). The number of hydrogen-bond donors (Lipinski definition) is 2. The van der Waals surface area contributed by atoms with Crippen molar-refractivity contribution in [1.29, 1.82) is 0 Å². The number of aromatic nitrogens is 1. The van der Waals surface area contributed by atoms with Crippen LogP contribution in [0.2, 0.25) is 0 Å². The van der Waals surface area contributed by atoms with E-state index in [0.717, 1.165) is 71.1 Å². The summed E-state index contributed by atoms with van der Waals surface area (Å²) in [5, 5.41) is 21.4. The molecule has 2 aromatic carbocycles. The van der Waals surface area contributed by atoms with E-state index in [9.17, 15) is 15.0 Å². The van der Waals surface area contributed by atoms with Gasteiger partial charge in [-0.2, -0.15) is 0 Å². The molecule has 0 amide bonds. The largest absolute Gasteiger partial charge is 0.497 e. The van der Waals surface area contributed by atoms with E-state index in [2.05, 4.69) is 16.0 Å². The molecule has 8 heteroatoms. The van der Waals surface area contributed by atoms with Gasteiger partial charge in [0.05, 0.1) is 25.8 Å². The first-order valence-electron chi connectivity index (χ1n) is 13.3. The lowest BCUT2D eigenvalue weighted by atomic mass is 9.79. The van der Waals surface area contributed by atoms with Crippen molar-refractivity contribution in [3.05, 3.63) is 60.3 Å². The van der Waals surface area contributed by atoms with Gasteiger partial charge in [-0.3, -0.25) is 9.78 Å². The molecule has 0 radical (unpaired) electrons. The number of carboxylic acid groups (broad SMARTS) is 1. The Bertz CT molecular complexity index is 1210. The van der Waals surface area contributed by atoms with Crippen LogP contribution < -0.4 is 9.47 Å². The fourth-order valence-electron chi connectivity index (χ4n) is 5.49. The second-order valence-electron chi connectivity index (χ2n) is 9.92. The molecule has 2 N–H and O–H groups in total. The Morgan fingerprint density at radius 3 is 2.76 bits per heavy atom. The highest BCUT2D eigenvalue weighted by molar-refractivity contribution is 7.99. The number of carboxylic acids is 1. The monoisotopic (exact) mass is 538 g/mol. The van der Waals surface area contributed by atoms with Gasteiger partial charge in [-0.25, -0.2) is 0 Å². The van der Waals surface area contributed by atoms with Crippen LogP contribution in [0.5, 0.6) is 11.5 Å². The molecule has 2 heterocycles. The SMILES string of the molecule is COc1ccc2nccc([C@@H](O)CCC3CCN(CCSc4ccccc4OC)CC3CCC(=O)O)c2c1.